The Bertz CT molecular complexity index is 703. The fourth-order valence-electron chi connectivity index (χ4n) is 1.81. The van der Waals surface area contributed by atoms with E-state index in [1.54, 1.807) is 33.0 Å². The minimum Gasteiger partial charge on any atom is -0.444 e. The Hall–Kier alpha value is -1.22. The van der Waals surface area contributed by atoms with E-state index in [0.717, 1.165) is 4.88 Å². The van der Waals surface area contributed by atoms with Crippen LogP contribution in [0, 0.1) is 13.8 Å². The average molecular weight is 315 g/mol. The standard InChI is InChI=1S/C12H17N3O3S2/c1-7-6-14-12(18-7)8(2)15-20(16,17)11-4-10(5-13)19-9(11)3/h4,6,8,15H,5,13H2,1-3H3. The van der Waals surface area contributed by atoms with Crippen LogP contribution in [-0.2, 0) is 16.6 Å². The number of hydrogen-bond donors (Lipinski definition) is 2. The van der Waals surface area contributed by atoms with Gasteiger partial charge in [0.05, 0.1) is 17.1 Å². The van der Waals surface area contributed by atoms with Crippen molar-refractivity contribution < 1.29 is 12.8 Å². The van der Waals surface area contributed by atoms with Crippen LogP contribution in [0.15, 0.2) is 21.6 Å². The van der Waals surface area contributed by atoms with Gasteiger partial charge in [-0.25, -0.2) is 13.4 Å². The molecule has 0 aromatic carbocycles. The van der Waals surface area contributed by atoms with Gasteiger partial charge in [-0.2, -0.15) is 4.72 Å². The molecule has 0 aliphatic heterocycles. The van der Waals surface area contributed by atoms with Gasteiger partial charge in [0, 0.05) is 16.3 Å². The number of aromatic nitrogens is 1. The van der Waals surface area contributed by atoms with Crippen molar-refractivity contribution in [2.45, 2.75) is 38.3 Å². The second kappa shape index (κ2) is 5.65. The highest BCUT2D eigenvalue weighted by molar-refractivity contribution is 7.89. The van der Waals surface area contributed by atoms with Crippen molar-refractivity contribution in [3.8, 4) is 0 Å². The van der Waals surface area contributed by atoms with Gasteiger partial charge in [0.2, 0.25) is 15.9 Å². The molecule has 0 amide bonds. The van der Waals surface area contributed by atoms with E-state index in [2.05, 4.69) is 9.71 Å². The molecule has 1 unspecified atom stereocenters. The lowest BCUT2D eigenvalue weighted by atomic mass is 10.4. The highest BCUT2D eigenvalue weighted by atomic mass is 32.2. The first kappa shape index (κ1) is 15.2. The van der Waals surface area contributed by atoms with Crippen LogP contribution in [0.25, 0.3) is 0 Å². The largest absolute Gasteiger partial charge is 0.444 e. The van der Waals surface area contributed by atoms with E-state index in [-0.39, 0.29) is 4.90 Å². The number of nitrogens with one attached hydrogen (secondary N) is 1. The molecule has 2 aromatic rings. The Morgan fingerprint density at radius 1 is 1.50 bits per heavy atom. The summed E-state index contributed by atoms with van der Waals surface area (Å²) >= 11 is 1.39. The van der Waals surface area contributed by atoms with Crippen LogP contribution in [0.4, 0.5) is 0 Å². The zero-order chi connectivity index (χ0) is 14.9. The van der Waals surface area contributed by atoms with E-state index < -0.39 is 16.1 Å². The maximum atomic E-state index is 12.4. The van der Waals surface area contributed by atoms with Crippen LogP contribution in [0.5, 0.6) is 0 Å². The second-order valence-electron chi connectivity index (χ2n) is 4.49. The van der Waals surface area contributed by atoms with E-state index >= 15 is 0 Å². The number of thiophene rings is 1. The first-order chi connectivity index (χ1) is 9.33. The third kappa shape index (κ3) is 3.09. The molecule has 3 N–H and O–H groups in total. The molecule has 2 heterocycles. The van der Waals surface area contributed by atoms with Crippen molar-refractivity contribution in [3.05, 3.63) is 33.7 Å². The van der Waals surface area contributed by atoms with Gasteiger partial charge >= 0.3 is 0 Å². The summed E-state index contributed by atoms with van der Waals surface area (Å²) in [6.45, 7) is 5.54. The van der Waals surface area contributed by atoms with Gasteiger partial charge in [-0.3, -0.25) is 0 Å². The molecule has 1 atom stereocenters. The van der Waals surface area contributed by atoms with Crippen LogP contribution in [-0.4, -0.2) is 13.4 Å². The molecule has 20 heavy (non-hydrogen) atoms. The van der Waals surface area contributed by atoms with E-state index in [4.69, 9.17) is 10.2 Å². The summed E-state index contributed by atoms with van der Waals surface area (Å²) in [6.07, 6.45) is 1.56. The predicted octanol–water partition coefficient (Wildman–Crippen LogP) is 1.85. The van der Waals surface area contributed by atoms with Gasteiger partial charge in [0.15, 0.2) is 0 Å². The van der Waals surface area contributed by atoms with Crippen molar-refractivity contribution in [1.82, 2.24) is 9.71 Å². The normalized spacial score (nSPS) is 13.6. The minimum absolute atomic E-state index is 0.262. The van der Waals surface area contributed by atoms with Gasteiger partial charge in [-0.05, 0) is 26.8 Å². The Kier molecular flexibility index (Phi) is 4.28. The molecular weight excluding hydrogens is 298 g/mol. The smallest absolute Gasteiger partial charge is 0.242 e. The maximum absolute atomic E-state index is 12.4. The van der Waals surface area contributed by atoms with Gasteiger partial charge in [0.1, 0.15) is 5.76 Å². The third-order valence-electron chi connectivity index (χ3n) is 2.76. The van der Waals surface area contributed by atoms with Crippen LogP contribution in [0.2, 0.25) is 0 Å². The summed E-state index contributed by atoms with van der Waals surface area (Å²) in [5.41, 5.74) is 5.54. The lowest BCUT2D eigenvalue weighted by Crippen LogP contribution is -2.27. The molecule has 6 nitrogen and oxygen atoms in total. The Labute approximate surface area is 122 Å². The number of rotatable bonds is 5. The van der Waals surface area contributed by atoms with Gasteiger partial charge in [-0.15, -0.1) is 11.3 Å². The summed E-state index contributed by atoms with van der Waals surface area (Å²) in [7, 11) is -3.61. The van der Waals surface area contributed by atoms with Crippen molar-refractivity contribution in [2.75, 3.05) is 0 Å². The first-order valence-electron chi connectivity index (χ1n) is 6.07. The predicted molar refractivity (Wildman–Crippen MR) is 76.9 cm³/mol. The molecule has 8 heteroatoms. The number of nitrogens with two attached hydrogens (primary N) is 1. The minimum atomic E-state index is -3.61. The van der Waals surface area contributed by atoms with Crippen LogP contribution in [0.3, 0.4) is 0 Å². The first-order valence-corrected chi connectivity index (χ1v) is 8.37. The number of hydrogen-bond acceptors (Lipinski definition) is 6. The Balaban J connectivity index is 2.24. The van der Waals surface area contributed by atoms with E-state index in [9.17, 15) is 8.42 Å². The van der Waals surface area contributed by atoms with Crippen molar-refractivity contribution in [1.29, 1.82) is 0 Å². The molecule has 2 aromatic heterocycles. The molecule has 0 saturated heterocycles. The van der Waals surface area contributed by atoms with Gasteiger partial charge < -0.3 is 10.2 Å². The van der Waals surface area contributed by atoms with Crippen LogP contribution < -0.4 is 10.5 Å². The molecule has 0 aliphatic carbocycles. The number of aryl methyl sites for hydroxylation is 2. The van der Waals surface area contributed by atoms with Gasteiger partial charge in [0.25, 0.3) is 0 Å². The summed E-state index contributed by atoms with van der Waals surface area (Å²) in [6, 6.07) is 1.07. The molecule has 2 rings (SSSR count). The number of nitrogens with zero attached hydrogens (tertiary/aromatic N) is 1. The van der Waals surface area contributed by atoms with Crippen molar-refractivity contribution >= 4 is 21.4 Å². The Morgan fingerprint density at radius 3 is 2.70 bits per heavy atom. The van der Waals surface area contributed by atoms with Crippen LogP contribution >= 0.6 is 11.3 Å². The third-order valence-corrected chi connectivity index (χ3v) is 5.62. The number of sulfonamides is 1. The van der Waals surface area contributed by atoms with Crippen molar-refractivity contribution in [2.24, 2.45) is 5.73 Å². The topological polar surface area (TPSA) is 98.2 Å². The molecule has 0 spiro atoms. The molecule has 0 aliphatic rings. The molecule has 0 radical (unpaired) electrons. The molecule has 0 fully saturated rings. The molecule has 0 bridgehead atoms. The number of oxazole rings is 1. The fourth-order valence-corrected chi connectivity index (χ4v) is 4.52. The van der Waals surface area contributed by atoms with Crippen LogP contribution in [0.1, 0.15) is 34.4 Å². The quantitative estimate of drug-likeness (QED) is 0.877. The lowest BCUT2D eigenvalue weighted by molar-refractivity contribution is 0.428. The summed E-state index contributed by atoms with van der Waals surface area (Å²) in [5.74, 6) is 0.987. The summed E-state index contributed by atoms with van der Waals surface area (Å²) < 4.78 is 32.6. The zero-order valence-corrected chi connectivity index (χ0v) is 13.1. The van der Waals surface area contributed by atoms with E-state index in [1.165, 1.54) is 11.3 Å². The highest BCUT2D eigenvalue weighted by Crippen LogP contribution is 2.26. The van der Waals surface area contributed by atoms with Gasteiger partial charge in [-0.1, -0.05) is 0 Å². The fraction of sp³-hybridized carbons (Fsp3) is 0.417. The average Bonchev–Trinajstić information content (AvgIpc) is 2.95. The zero-order valence-electron chi connectivity index (χ0n) is 11.5. The monoisotopic (exact) mass is 315 g/mol. The molecular formula is C12H17N3O3S2. The summed E-state index contributed by atoms with van der Waals surface area (Å²) in [5, 5.41) is 0. The van der Waals surface area contributed by atoms with Crippen molar-refractivity contribution in [3.63, 3.8) is 0 Å². The maximum Gasteiger partial charge on any atom is 0.242 e. The summed E-state index contributed by atoms with van der Waals surface area (Å²) in [4.78, 5) is 5.84. The van der Waals surface area contributed by atoms with E-state index in [1.807, 2.05) is 0 Å². The highest BCUT2D eigenvalue weighted by Gasteiger charge is 2.24. The second-order valence-corrected chi connectivity index (χ2v) is 7.51. The SMILES string of the molecule is Cc1cnc(C(C)NS(=O)(=O)c2cc(CN)sc2C)o1. The Morgan fingerprint density at radius 2 is 2.20 bits per heavy atom. The van der Waals surface area contributed by atoms with E-state index in [0.29, 0.717) is 23.1 Å². The lowest BCUT2D eigenvalue weighted by Gasteiger charge is -2.10. The molecule has 110 valence electrons. The molecule has 0 saturated carbocycles.